The van der Waals surface area contributed by atoms with E-state index in [-0.39, 0.29) is 5.91 Å². The van der Waals surface area contributed by atoms with Gasteiger partial charge >= 0.3 is 0 Å². The van der Waals surface area contributed by atoms with Gasteiger partial charge in [-0.05, 0) is 61.1 Å². The first-order valence-corrected chi connectivity index (χ1v) is 7.06. The number of carbonyl (C=O) groups excluding carboxylic acids is 1. The van der Waals surface area contributed by atoms with Crippen molar-refractivity contribution in [2.24, 2.45) is 0 Å². The molecule has 0 radical (unpaired) electrons. The quantitative estimate of drug-likeness (QED) is 0.854. The average Bonchev–Trinajstić information content (AvgIpc) is 2.90. The summed E-state index contributed by atoms with van der Waals surface area (Å²) in [7, 11) is 0. The minimum absolute atomic E-state index is 0.144. The Morgan fingerprint density at radius 2 is 2.05 bits per heavy atom. The molecule has 4 heteroatoms. The van der Waals surface area contributed by atoms with Gasteiger partial charge in [0.2, 0.25) is 0 Å². The van der Waals surface area contributed by atoms with E-state index in [9.17, 15) is 4.79 Å². The van der Waals surface area contributed by atoms with E-state index in [0.29, 0.717) is 16.4 Å². The summed E-state index contributed by atoms with van der Waals surface area (Å²) in [6.07, 6.45) is 5.02. The molecule has 1 heterocycles. The van der Waals surface area contributed by atoms with Crippen molar-refractivity contribution in [3.63, 3.8) is 0 Å². The van der Waals surface area contributed by atoms with Gasteiger partial charge in [0.05, 0.1) is 5.69 Å². The highest BCUT2D eigenvalue weighted by Crippen LogP contribution is 2.24. The lowest BCUT2D eigenvalue weighted by Crippen LogP contribution is -2.13. The van der Waals surface area contributed by atoms with Crippen LogP contribution in [0.4, 0.5) is 5.69 Å². The Labute approximate surface area is 123 Å². The Kier molecular flexibility index (Phi) is 3.45. The van der Waals surface area contributed by atoms with Gasteiger partial charge in [-0.1, -0.05) is 17.7 Å². The maximum Gasteiger partial charge on any atom is 0.255 e. The van der Waals surface area contributed by atoms with E-state index in [1.807, 2.05) is 31.2 Å². The second kappa shape index (κ2) is 5.25. The fourth-order valence-corrected chi connectivity index (χ4v) is 2.70. The van der Waals surface area contributed by atoms with Crippen LogP contribution in [0.15, 0.2) is 30.5 Å². The Bertz CT molecular complexity index is 682. The SMILES string of the molecule is Cc1cnc(Cl)c(NC(=O)c2ccc3c(c2)CCC3)c1. The maximum absolute atomic E-state index is 12.3. The van der Waals surface area contributed by atoms with Crippen molar-refractivity contribution in [3.05, 3.63) is 57.9 Å². The number of aryl methyl sites for hydroxylation is 3. The number of amides is 1. The number of pyridine rings is 1. The molecule has 2 aromatic rings. The van der Waals surface area contributed by atoms with Gasteiger partial charge in [-0.2, -0.15) is 0 Å². The van der Waals surface area contributed by atoms with Gasteiger partial charge in [-0.25, -0.2) is 4.98 Å². The van der Waals surface area contributed by atoms with Gasteiger partial charge in [0.15, 0.2) is 5.15 Å². The molecule has 0 unspecified atom stereocenters. The number of nitrogens with one attached hydrogen (secondary N) is 1. The summed E-state index contributed by atoms with van der Waals surface area (Å²) in [5.74, 6) is -0.144. The summed E-state index contributed by atoms with van der Waals surface area (Å²) >= 11 is 6.00. The van der Waals surface area contributed by atoms with Gasteiger partial charge in [0.1, 0.15) is 0 Å². The van der Waals surface area contributed by atoms with Crippen molar-refractivity contribution in [1.29, 1.82) is 0 Å². The number of hydrogen-bond acceptors (Lipinski definition) is 2. The van der Waals surface area contributed by atoms with E-state index in [1.165, 1.54) is 17.5 Å². The van der Waals surface area contributed by atoms with Crippen molar-refractivity contribution in [2.45, 2.75) is 26.2 Å². The molecule has 0 atom stereocenters. The number of halogens is 1. The molecular formula is C16H15ClN2O. The number of anilines is 1. The zero-order valence-corrected chi connectivity index (χ0v) is 12.0. The number of hydrogen-bond donors (Lipinski definition) is 1. The molecule has 102 valence electrons. The zero-order chi connectivity index (χ0) is 14.1. The predicted octanol–water partition coefficient (Wildman–Crippen LogP) is 3.78. The van der Waals surface area contributed by atoms with Crippen LogP contribution >= 0.6 is 11.6 Å². The lowest BCUT2D eigenvalue weighted by molar-refractivity contribution is 0.102. The Morgan fingerprint density at radius 3 is 2.90 bits per heavy atom. The third-order valence-corrected chi connectivity index (χ3v) is 3.89. The Morgan fingerprint density at radius 1 is 1.25 bits per heavy atom. The first-order chi connectivity index (χ1) is 9.63. The summed E-state index contributed by atoms with van der Waals surface area (Å²) in [6, 6.07) is 7.72. The zero-order valence-electron chi connectivity index (χ0n) is 11.2. The summed E-state index contributed by atoms with van der Waals surface area (Å²) in [5.41, 5.74) is 4.82. The van der Waals surface area contributed by atoms with Crippen LogP contribution in [-0.2, 0) is 12.8 Å². The van der Waals surface area contributed by atoms with Crippen molar-refractivity contribution < 1.29 is 4.79 Å². The molecule has 0 fully saturated rings. The molecular weight excluding hydrogens is 272 g/mol. The van der Waals surface area contributed by atoms with E-state index < -0.39 is 0 Å². The second-order valence-corrected chi connectivity index (χ2v) is 5.50. The maximum atomic E-state index is 12.3. The molecule has 3 rings (SSSR count). The standard InChI is InChI=1S/C16H15ClN2O/c1-10-7-14(15(17)18-9-10)19-16(20)13-6-5-11-3-2-4-12(11)8-13/h5-9H,2-4H2,1H3,(H,19,20). The van der Waals surface area contributed by atoms with Crippen LogP contribution in [0, 0.1) is 6.92 Å². The molecule has 0 aliphatic heterocycles. The van der Waals surface area contributed by atoms with Crippen molar-refractivity contribution >= 4 is 23.2 Å². The smallest absolute Gasteiger partial charge is 0.255 e. The number of fused-ring (bicyclic) bond motifs is 1. The van der Waals surface area contributed by atoms with E-state index in [0.717, 1.165) is 18.4 Å². The molecule has 3 nitrogen and oxygen atoms in total. The highest BCUT2D eigenvalue weighted by Gasteiger charge is 2.15. The van der Waals surface area contributed by atoms with Crippen LogP contribution in [0.2, 0.25) is 5.15 Å². The molecule has 1 N–H and O–H groups in total. The molecule has 1 aliphatic carbocycles. The van der Waals surface area contributed by atoms with E-state index in [4.69, 9.17) is 11.6 Å². The topological polar surface area (TPSA) is 42.0 Å². The summed E-state index contributed by atoms with van der Waals surface area (Å²) in [4.78, 5) is 16.3. The molecule has 1 aliphatic rings. The first kappa shape index (κ1) is 13.1. The Hall–Kier alpha value is -1.87. The molecule has 0 bridgehead atoms. The number of rotatable bonds is 2. The summed E-state index contributed by atoms with van der Waals surface area (Å²) in [5, 5.41) is 3.14. The normalized spacial score (nSPS) is 13.1. The largest absolute Gasteiger partial charge is 0.319 e. The van der Waals surface area contributed by atoms with Gasteiger partial charge in [-0.3, -0.25) is 4.79 Å². The van der Waals surface area contributed by atoms with Crippen LogP contribution < -0.4 is 5.32 Å². The van der Waals surface area contributed by atoms with Crippen molar-refractivity contribution in [2.75, 3.05) is 5.32 Å². The van der Waals surface area contributed by atoms with Crippen LogP contribution in [0.3, 0.4) is 0 Å². The van der Waals surface area contributed by atoms with Crippen molar-refractivity contribution in [3.8, 4) is 0 Å². The molecule has 1 amide bonds. The molecule has 0 saturated carbocycles. The van der Waals surface area contributed by atoms with E-state index in [2.05, 4.69) is 10.3 Å². The fourth-order valence-electron chi connectivity index (χ4n) is 2.55. The van der Waals surface area contributed by atoms with Crippen LogP contribution in [0.25, 0.3) is 0 Å². The Balaban J connectivity index is 1.84. The molecule has 0 spiro atoms. The van der Waals surface area contributed by atoms with Crippen LogP contribution in [-0.4, -0.2) is 10.9 Å². The third-order valence-electron chi connectivity index (χ3n) is 3.58. The average molecular weight is 287 g/mol. The van der Waals surface area contributed by atoms with Crippen molar-refractivity contribution in [1.82, 2.24) is 4.98 Å². The molecule has 1 aromatic carbocycles. The number of benzene rings is 1. The van der Waals surface area contributed by atoms with Gasteiger partial charge in [-0.15, -0.1) is 0 Å². The summed E-state index contributed by atoms with van der Waals surface area (Å²) in [6.45, 7) is 1.91. The lowest BCUT2D eigenvalue weighted by Gasteiger charge is -2.08. The molecule has 1 aromatic heterocycles. The second-order valence-electron chi connectivity index (χ2n) is 5.14. The highest BCUT2D eigenvalue weighted by molar-refractivity contribution is 6.32. The molecule has 0 saturated heterocycles. The van der Waals surface area contributed by atoms with Crippen LogP contribution in [0.1, 0.15) is 33.5 Å². The lowest BCUT2D eigenvalue weighted by atomic mass is 10.1. The van der Waals surface area contributed by atoms with E-state index in [1.54, 1.807) is 6.20 Å². The minimum Gasteiger partial charge on any atom is -0.319 e. The van der Waals surface area contributed by atoms with Crippen LogP contribution in [0.5, 0.6) is 0 Å². The van der Waals surface area contributed by atoms with Gasteiger partial charge in [0, 0.05) is 11.8 Å². The minimum atomic E-state index is -0.144. The fraction of sp³-hybridized carbons (Fsp3) is 0.250. The number of nitrogens with zero attached hydrogens (tertiary/aromatic N) is 1. The van der Waals surface area contributed by atoms with Gasteiger partial charge < -0.3 is 5.32 Å². The van der Waals surface area contributed by atoms with E-state index >= 15 is 0 Å². The highest BCUT2D eigenvalue weighted by atomic mass is 35.5. The number of carbonyl (C=O) groups is 1. The van der Waals surface area contributed by atoms with Gasteiger partial charge in [0.25, 0.3) is 5.91 Å². The summed E-state index contributed by atoms with van der Waals surface area (Å²) < 4.78 is 0. The third kappa shape index (κ3) is 2.54. The monoisotopic (exact) mass is 286 g/mol. The first-order valence-electron chi connectivity index (χ1n) is 6.69. The molecule has 20 heavy (non-hydrogen) atoms. The predicted molar refractivity (Wildman–Crippen MR) is 80.4 cm³/mol. The number of aromatic nitrogens is 1.